The van der Waals surface area contributed by atoms with E-state index in [1.165, 1.54) is 11.1 Å². The van der Waals surface area contributed by atoms with Gasteiger partial charge in [0.15, 0.2) is 0 Å². The van der Waals surface area contributed by atoms with E-state index in [0.717, 1.165) is 25.8 Å². The summed E-state index contributed by atoms with van der Waals surface area (Å²) in [5, 5.41) is 13.3. The van der Waals surface area contributed by atoms with Crippen LogP contribution in [0.25, 0.3) is 0 Å². The molecule has 1 aromatic rings. The zero-order valence-corrected chi connectivity index (χ0v) is 10.4. The lowest BCUT2D eigenvalue weighted by atomic mass is 9.80. The number of nitrogens with one attached hydrogen (secondary N) is 1. The standard InChI is InChI=1S/C14H21NO2/c1-17-10-13-6-3-2-5-12(13)9-15-11-14(16)7-4-8-14/h2-3,5-6,15-16H,4,7-11H2,1H3. The lowest BCUT2D eigenvalue weighted by Crippen LogP contribution is -2.46. The Hall–Kier alpha value is -0.900. The Bertz CT molecular complexity index is 361. The van der Waals surface area contributed by atoms with Crippen LogP contribution >= 0.6 is 0 Å². The summed E-state index contributed by atoms with van der Waals surface area (Å²) in [6, 6.07) is 8.25. The third-order valence-corrected chi connectivity index (χ3v) is 3.47. The molecule has 1 saturated carbocycles. The SMILES string of the molecule is COCc1ccccc1CNCC1(O)CCC1. The summed E-state index contributed by atoms with van der Waals surface area (Å²) in [7, 11) is 1.71. The number of hydrogen-bond donors (Lipinski definition) is 2. The molecule has 0 unspecified atom stereocenters. The van der Waals surface area contributed by atoms with E-state index in [1.54, 1.807) is 7.11 Å². The number of aliphatic hydroxyl groups is 1. The highest BCUT2D eigenvalue weighted by Gasteiger charge is 2.33. The van der Waals surface area contributed by atoms with E-state index in [2.05, 4.69) is 17.4 Å². The molecule has 0 amide bonds. The first kappa shape index (κ1) is 12.6. The van der Waals surface area contributed by atoms with Crippen LogP contribution < -0.4 is 5.32 Å². The van der Waals surface area contributed by atoms with Crippen molar-refractivity contribution in [2.75, 3.05) is 13.7 Å². The zero-order chi connectivity index (χ0) is 12.1. The summed E-state index contributed by atoms with van der Waals surface area (Å²) in [6.45, 7) is 2.12. The molecule has 94 valence electrons. The molecule has 1 fully saturated rings. The molecule has 2 N–H and O–H groups in total. The summed E-state index contributed by atoms with van der Waals surface area (Å²) in [4.78, 5) is 0. The van der Waals surface area contributed by atoms with Gasteiger partial charge in [-0.3, -0.25) is 0 Å². The molecule has 3 nitrogen and oxygen atoms in total. The molecule has 0 saturated heterocycles. The maximum Gasteiger partial charge on any atom is 0.0771 e. The van der Waals surface area contributed by atoms with Crippen LogP contribution in [0.4, 0.5) is 0 Å². The second-order valence-corrected chi connectivity index (χ2v) is 4.88. The summed E-state index contributed by atoms with van der Waals surface area (Å²) in [6.07, 6.45) is 3.01. The van der Waals surface area contributed by atoms with Crippen molar-refractivity contribution in [3.63, 3.8) is 0 Å². The lowest BCUT2D eigenvalue weighted by molar-refractivity contribution is -0.0315. The van der Waals surface area contributed by atoms with Crippen LogP contribution in [-0.4, -0.2) is 24.4 Å². The summed E-state index contributed by atoms with van der Waals surface area (Å²) >= 11 is 0. The average molecular weight is 235 g/mol. The maximum atomic E-state index is 9.97. The molecule has 3 heteroatoms. The van der Waals surface area contributed by atoms with Crippen molar-refractivity contribution < 1.29 is 9.84 Å². The van der Waals surface area contributed by atoms with Crippen molar-refractivity contribution in [3.8, 4) is 0 Å². The van der Waals surface area contributed by atoms with Gasteiger partial charge in [-0.25, -0.2) is 0 Å². The highest BCUT2D eigenvalue weighted by Crippen LogP contribution is 2.30. The van der Waals surface area contributed by atoms with Crippen LogP contribution in [0.15, 0.2) is 24.3 Å². The van der Waals surface area contributed by atoms with Gasteiger partial charge < -0.3 is 15.2 Å². The highest BCUT2D eigenvalue weighted by molar-refractivity contribution is 5.26. The third-order valence-electron chi connectivity index (χ3n) is 3.47. The fraction of sp³-hybridized carbons (Fsp3) is 0.571. The van der Waals surface area contributed by atoms with Gasteiger partial charge in [0.1, 0.15) is 0 Å². The molecular formula is C14H21NO2. The molecule has 0 bridgehead atoms. The summed E-state index contributed by atoms with van der Waals surface area (Å²) in [5.41, 5.74) is 2.01. The van der Waals surface area contributed by atoms with Crippen LogP contribution in [0.3, 0.4) is 0 Å². The minimum atomic E-state index is -0.448. The molecule has 0 aliphatic heterocycles. The highest BCUT2D eigenvalue weighted by atomic mass is 16.5. The van der Waals surface area contributed by atoms with Crippen molar-refractivity contribution in [2.24, 2.45) is 0 Å². The Labute approximate surface area is 103 Å². The van der Waals surface area contributed by atoms with Gasteiger partial charge >= 0.3 is 0 Å². The van der Waals surface area contributed by atoms with E-state index in [4.69, 9.17) is 4.74 Å². The van der Waals surface area contributed by atoms with Crippen molar-refractivity contribution in [2.45, 2.75) is 38.0 Å². The number of hydrogen-bond acceptors (Lipinski definition) is 3. The molecule has 0 heterocycles. The van der Waals surface area contributed by atoms with Gasteiger partial charge in [-0.05, 0) is 30.4 Å². The first-order chi connectivity index (χ1) is 8.23. The van der Waals surface area contributed by atoms with Crippen LogP contribution in [-0.2, 0) is 17.9 Å². The second kappa shape index (κ2) is 5.63. The van der Waals surface area contributed by atoms with Crippen molar-refractivity contribution in [3.05, 3.63) is 35.4 Å². The average Bonchev–Trinajstić information content (AvgIpc) is 2.29. The topological polar surface area (TPSA) is 41.5 Å². The van der Waals surface area contributed by atoms with Gasteiger partial charge in [0.25, 0.3) is 0 Å². The number of benzene rings is 1. The molecule has 1 aromatic carbocycles. The monoisotopic (exact) mass is 235 g/mol. The van der Waals surface area contributed by atoms with E-state index in [1.807, 2.05) is 12.1 Å². The van der Waals surface area contributed by atoms with E-state index < -0.39 is 5.60 Å². The van der Waals surface area contributed by atoms with Crippen molar-refractivity contribution in [1.29, 1.82) is 0 Å². The maximum absolute atomic E-state index is 9.97. The normalized spacial score (nSPS) is 17.8. The molecule has 17 heavy (non-hydrogen) atoms. The smallest absolute Gasteiger partial charge is 0.0771 e. The number of ether oxygens (including phenoxy) is 1. The Morgan fingerprint density at radius 1 is 1.29 bits per heavy atom. The molecule has 1 aliphatic rings. The molecule has 0 atom stereocenters. The number of methoxy groups -OCH3 is 1. The van der Waals surface area contributed by atoms with Crippen LogP contribution in [0, 0.1) is 0 Å². The first-order valence-electron chi connectivity index (χ1n) is 6.22. The van der Waals surface area contributed by atoms with Gasteiger partial charge in [0.2, 0.25) is 0 Å². The summed E-state index contributed by atoms with van der Waals surface area (Å²) < 4.78 is 5.17. The quantitative estimate of drug-likeness (QED) is 0.790. The summed E-state index contributed by atoms with van der Waals surface area (Å²) in [5.74, 6) is 0. The molecule has 1 aliphatic carbocycles. The molecule has 2 rings (SSSR count). The van der Waals surface area contributed by atoms with Gasteiger partial charge in [0.05, 0.1) is 12.2 Å². The van der Waals surface area contributed by atoms with Crippen molar-refractivity contribution in [1.82, 2.24) is 5.32 Å². The molecule has 0 spiro atoms. The van der Waals surface area contributed by atoms with Gasteiger partial charge in [-0.1, -0.05) is 24.3 Å². The third kappa shape index (κ3) is 3.28. The van der Waals surface area contributed by atoms with Crippen molar-refractivity contribution >= 4 is 0 Å². The number of rotatable bonds is 6. The second-order valence-electron chi connectivity index (χ2n) is 4.88. The Morgan fingerprint density at radius 2 is 2.00 bits per heavy atom. The molecule has 0 aromatic heterocycles. The Morgan fingerprint density at radius 3 is 2.59 bits per heavy atom. The Balaban J connectivity index is 1.85. The predicted molar refractivity (Wildman–Crippen MR) is 67.7 cm³/mol. The van der Waals surface area contributed by atoms with Crippen LogP contribution in [0.2, 0.25) is 0 Å². The molecule has 0 radical (unpaired) electrons. The lowest BCUT2D eigenvalue weighted by Gasteiger charge is -2.36. The van der Waals surface area contributed by atoms with E-state index in [9.17, 15) is 5.11 Å². The van der Waals surface area contributed by atoms with E-state index in [0.29, 0.717) is 13.2 Å². The minimum absolute atomic E-state index is 0.448. The van der Waals surface area contributed by atoms with Crippen LogP contribution in [0.1, 0.15) is 30.4 Å². The predicted octanol–water partition coefficient (Wildman–Crippen LogP) is 1.84. The molecular weight excluding hydrogens is 214 g/mol. The van der Waals surface area contributed by atoms with E-state index >= 15 is 0 Å². The fourth-order valence-corrected chi connectivity index (χ4v) is 2.22. The fourth-order valence-electron chi connectivity index (χ4n) is 2.22. The van der Waals surface area contributed by atoms with Gasteiger partial charge in [-0.2, -0.15) is 0 Å². The zero-order valence-electron chi connectivity index (χ0n) is 10.4. The van der Waals surface area contributed by atoms with E-state index in [-0.39, 0.29) is 0 Å². The van der Waals surface area contributed by atoms with Gasteiger partial charge in [0, 0.05) is 20.2 Å². The van der Waals surface area contributed by atoms with Gasteiger partial charge in [-0.15, -0.1) is 0 Å². The first-order valence-corrected chi connectivity index (χ1v) is 6.22. The minimum Gasteiger partial charge on any atom is -0.389 e. The largest absolute Gasteiger partial charge is 0.389 e. The Kier molecular flexibility index (Phi) is 4.15. The van der Waals surface area contributed by atoms with Crippen LogP contribution in [0.5, 0.6) is 0 Å².